The fraction of sp³-hybridized carbons (Fsp3) is 0.848. The molecule has 4 aliphatic carbocycles. The lowest BCUT2D eigenvalue weighted by Crippen LogP contribution is -2.47. The summed E-state index contributed by atoms with van der Waals surface area (Å²) >= 11 is 0. The van der Waals surface area contributed by atoms with Crippen molar-refractivity contribution in [1.29, 1.82) is 5.26 Å². The van der Waals surface area contributed by atoms with Crippen molar-refractivity contribution in [2.24, 2.45) is 45.8 Å². The third kappa shape index (κ3) is 5.23. The average Bonchev–Trinajstić information content (AvgIpc) is 3.74. The standard InChI is InChI=1S/C16H24O5.C15H19NO4.2CH4/c1-5-16(2,3)15(18)21-13-8-6-9(12(13)19-4)11-10(8)7-20-14(11)17;1-4-13(2,3)11(17)20-14-5-9-10(6-14)19-12(18)15(9,7-14)8-16;;/h8-13H,5-7H2,1-4H3;9-10H,4-7H2,1-3H3;2*1H4. The first kappa shape index (κ1) is 34.8. The Hall–Kier alpha value is -2.67. The van der Waals surface area contributed by atoms with Crippen LogP contribution in [0.5, 0.6) is 0 Å². The molecule has 43 heavy (non-hydrogen) atoms. The first-order chi connectivity index (χ1) is 19.2. The Balaban J connectivity index is 0.000000225. The van der Waals surface area contributed by atoms with Gasteiger partial charge in [0.05, 0.1) is 35.5 Å². The average molecular weight is 606 g/mol. The molecular formula is C33H51NO9. The van der Waals surface area contributed by atoms with Gasteiger partial charge in [-0.2, -0.15) is 5.26 Å². The predicted octanol–water partition coefficient (Wildman–Crippen LogP) is 5.01. The number of carbonyl (C=O) groups is 4. The molecule has 10 atom stereocenters. The summed E-state index contributed by atoms with van der Waals surface area (Å²) in [5.41, 5.74) is -2.79. The second kappa shape index (κ2) is 11.7. The molecule has 4 bridgehead atoms. The Kier molecular flexibility index (Phi) is 9.46. The van der Waals surface area contributed by atoms with Gasteiger partial charge in [-0.3, -0.25) is 19.2 Å². The Morgan fingerprint density at radius 2 is 1.60 bits per heavy atom. The van der Waals surface area contributed by atoms with Crippen LogP contribution in [0, 0.1) is 57.2 Å². The molecule has 10 unspecified atom stereocenters. The number of nitriles is 1. The molecule has 0 aromatic rings. The second-order valence-electron chi connectivity index (χ2n) is 14.2. The van der Waals surface area contributed by atoms with Crippen LogP contribution < -0.4 is 0 Å². The molecule has 10 nitrogen and oxygen atoms in total. The highest BCUT2D eigenvalue weighted by Gasteiger charge is 2.74. The minimum atomic E-state index is -1.08. The Morgan fingerprint density at radius 3 is 2.16 bits per heavy atom. The van der Waals surface area contributed by atoms with Gasteiger partial charge in [0.1, 0.15) is 17.8 Å². The highest BCUT2D eigenvalue weighted by molar-refractivity contribution is 5.85. The van der Waals surface area contributed by atoms with E-state index in [2.05, 4.69) is 6.07 Å². The number of carbonyl (C=O) groups excluding carboxylic acids is 4. The van der Waals surface area contributed by atoms with Crippen molar-refractivity contribution in [3.63, 3.8) is 0 Å². The molecule has 6 rings (SSSR count). The maximum atomic E-state index is 12.4. The predicted molar refractivity (Wildman–Crippen MR) is 156 cm³/mol. The molecule has 0 spiro atoms. The molecule has 0 aromatic carbocycles. The number of hydrogen-bond donors (Lipinski definition) is 0. The number of rotatable bonds is 7. The topological polar surface area (TPSA) is 138 Å². The van der Waals surface area contributed by atoms with E-state index in [0.717, 1.165) is 12.8 Å². The van der Waals surface area contributed by atoms with Crippen LogP contribution in [0.4, 0.5) is 0 Å². The van der Waals surface area contributed by atoms with Crippen molar-refractivity contribution in [1.82, 2.24) is 0 Å². The summed E-state index contributed by atoms with van der Waals surface area (Å²) in [5.74, 6) is -0.624. The van der Waals surface area contributed by atoms with E-state index >= 15 is 0 Å². The van der Waals surface area contributed by atoms with E-state index < -0.39 is 27.8 Å². The van der Waals surface area contributed by atoms with E-state index in [-0.39, 0.29) is 80.7 Å². The van der Waals surface area contributed by atoms with Crippen molar-refractivity contribution in [2.75, 3.05) is 13.7 Å². The van der Waals surface area contributed by atoms with E-state index in [4.69, 9.17) is 23.7 Å². The van der Waals surface area contributed by atoms with Crippen LogP contribution in [0.1, 0.15) is 94.9 Å². The van der Waals surface area contributed by atoms with E-state index in [1.54, 1.807) is 7.11 Å². The molecular weight excluding hydrogens is 554 g/mol. The maximum Gasteiger partial charge on any atom is 0.327 e. The SMILES string of the molecule is C.C.CCC(C)(C)C(=O)OC12CC3OC(=O)C(C#N)(C1)C3C2.CCC(C)(C)C(=O)OC1C2CC(C1OC)C1C(=O)OCC21. The highest BCUT2D eigenvalue weighted by atomic mass is 16.6. The number of fused-ring (bicyclic) bond motifs is 6. The van der Waals surface area contributed by atoms with Crippen LogP contribution in [0.15, 0.2) is 0 Å². The molecule has 0 aromatic heterocycles. The highest BCUT2D eigenvalue weighted by Crippen LogP contribution is 2.65. The third-order valence-corrected chi connectivity index (χ3v) is 11.2. The number of esters is 4. The van der Waals surface area contributed by atoms with Gasteiger partial charge < -0.3 is 23.7 Å². The summed E-state index contributed by atoms with van der Waals surface area (Å²) in [7, 11) is 1.63. The van der Waals surface area contributed by atoms with Crippen LogP contribution in [-0.4, -0.2) is 61.5 Å². The summed E-state index contributed by atoms with van der Waals surface area (Å²) in [6.45, 7) is 11.9. The van der Waals surface area contributed by atoms with Gasteiger partial charge in [-0.1, -0.05) is 28.7 Å². The molecule has 2 aliphatic heterocycles. The number of ether oxygens (including phenoxy) is 5. The number of hydrogen-bond acceptors (Lipinski definition) is 10. The normalized spacial score (nSPS) is 39.3. The van der Waals surface area contributed by atoms with Gasteiger partial charge in [0.15, 0.2) is 5.41 Å². The Labute approximate surface area is 256 Å². The summed E-state index contributed by atoms with van der Waals surface area (Å²) in [6, 6.07) is 2.13. The first-order valence-electron chi connectivity index (χ1n) is 15.0. The van der Waals surface area contributed by atoms with Gasteiger partial charge in [-0.15, -0.1) is 0 Å². The van der Waals surface area contributed by atoms with Crippen LogP contribution in [0.2, 0.25) is 0 Å². The number of methoxy groups -OCH3 is 1. The molecule has 2 heterocycles. The lowest BCUT2D eigenvalue weighted by Gasteiger charge is -2.36. The zero-order valence-electron chi connectivity index (χ0n) is 25.2. The first-order valence-corrected chi connectivity index (χ1v) is 15.0. The summed E-state index contributed by atoms with van der Waals surface area (Å²) in [4.78, 5) is 48.5. The Bertz CT molecular complexity index is 1170. The smallest absolute Gasteiger partial charge is 0.327 e. The minimum absolute atomic E-state index is 0. The molecule has 0 radical (unpaired) electrons. The van der Waals surface area contributed by atoms with E-state index in [9.17, 15) is 24.4 Å². The molecule has 6 fully saturated rings. The van der Waals surface area contributed by atoms with E-state index in [1.807, 2.05) is 41.5 Å². The number of nitrogens with zero attached hydrogens (tertiary/aromatic N) is 1. The quantitative estimate of drug-likeness (QED) is 0.287. The summed E-state index contributed by atoms with van der Waals surface area (Å²) < 4.78 is 27.7. The van der Waals surface area contributed by atoms with Crippen molar-refractivity contribution >= 4 is 23.9 Å². The van der Waals surface area contributed by atoms with Gasteiger partial charge in [-0.05, 0) is 53.4 Å². The van der Waals surface area contributed by atoms with Crippen LogP contribution in [0.25, 0.3) is 0 Å². The van der Waals surface area contributed by atoms with Gasteiger partial charge in [0, 0.05) is 43.6 Å². The zero-order valence-corrected chi connectivity index (χ0v) is 25.2. The van der Waals surface area contributed by atoms with Crippen LogP contribution >= 0.6 is 0 Å². The Morgan fingerprint density at radius 1 is 0.977 bits per heavy atom. The van der Waals surface area contributed by atoms with Crippen molar-refractivity contribution < 1.29 is 42.9 Å². The van der Waals surface area contributed by atoms with Gasteiger partial charge in [0.2, 0.25) is 0 Å². The molecule has 0 amide bonds. The molecule has 242 valence electrons. The van der Waals surface area contributed by atoms with E-state index in [1.165, 1.54) is 0 Å². The largest absolute Gasteiger partial charge is 0.465 e. The van der Waals surface area contributed by atoms with Crippen LogP contribution in [0.3, 0.4) is 0 Å². The van der Waals surface area contributed by atoms with E-state index in [0.29, 0.717) is 32.3 Å². The lowest BCUT2D eigenvalue weighted by molar-refractivity contribution is -0.174. The van der Waals surface area contributed by atoms with Crippen molar-refractivity contribution in [2.45, 2.75) is 119 Å². The van der Waals surface area contributed by atoms with Crippen molar-refractivity contribution in [3.05, 3.63) is 0 Å². The number of cyclic esters (lactones) is 1. The van der Waals surface area contributed by atoms with Crippen LogP contribution in [-0.2, 0) is 42.9 Å². The lowest BCUT2D eigenvalue weighted by atomic mass is 9.74. The second-order valence-corrected chi connectivity index (χ2v) is 14.2. The molecule has 0 N–H and O–H groups in total. The zero-order chi connectivity index (χ0) is 30.1. The minimum Gasteiger partial charge on any atom is -0.465 e. The third-order valence-electron chi connectivity index (χ3n) is 11.2. The van der Waals surface area contributed by atoms with Crippen molar-refractivity contribution in [3.8, 4) is 6.07 Å². The molecule has 10 heteroatoms. The maximum absolute atomic E-state index is 12.4. The molecule has 2 saturated heterocycles. The fourth-order valence-corrected chi connectivity index (χ4v) is 7.92. The monoisotopic (exact) mass is 605 g/mol. The summed E-state index contributed by atoms with van der Waals surface area (Å²) in [5, 5.41) is 9.40. The fourth-order valence-electron chi connectivity index (χ4n) is 7.92. The molecule has 4 saturated carbocycles. The summed E-state index contributed by atoms with van der Waals surface area (Å²) in [6.07, 6.45) is 3.04. The van der Waals surface area contributed by atoms with Gasteiger partial charge >= 0.3 is 23.9 Å². The molecule has 6 aliphatic rings. The van der Waals surface area contributed by atoms with Gasteiger partial charge in [-0.25, -0.2) is 0 Å². The van der Waals surface area contributed by atoms with Gasteiger partial charge in [0.25, 0.3) is 0 Å².